The predicted octanol–water partition coefficient (Wildman–Crippen LogP) is 3.62. The van der Waals surface area contributed by atoms with Gasteiger partial charge in [0.25, 0.3) is 0 Å². The number of hydrogen-bond acceptors (Lipinski definition) is 4. The van der Waals surface area contributed by atoms with E-state index < -0.39 is 5.92 Å². The summed E-state index contributed by atoms with van der Waals surface area (Å²) < 4.78 is 10.7. The number of fused-ring (bicyclic) bond motifs is 1. The van der Waals surface area contributed by atoms with Crippen LogP contribution in [0.15, 0.2) is 12.1 Å². The molecule has 4 nitrogen and oxygen atoms in total. The van der Waals surface area contributed by atoms with Crippen molar-refractivity contribution < 1.29 is 19.1 Å². The Morgan fingerprint density at radius 2 is 1.42 bits per heavy atom. The van der Waals surface area contributed by atoms with Gasteiger partial charge in [-0.1, -0.05) is 31.5 Å². The molecule has 2 unspecified atom stereocenters. The van der Waals surface area contributed by atoms with Gasteiger partial charge in [0, 0.05) is 32.0 Å². The van der Waals surface area contributed by atoms with E-state index in [-0.39, 0.29) is 35.6 Å². The maximum absolute atomic E-state index is 13.3. The van der Waals surface area contributed by atoms with E-state index in [4.69, 9.17) is 9.47 Å². The fourth-order valence-electron chi connectivity index (χ4n) is 5.17. The average molecular weight is 358 g/mol. The van der Waals surface area contributed by atoms with Gasteiger partial charge in [0.05, 0.1) is 0 Å². The van der Waals surface area contributed by atoms with Crippen LogP contribution >= 0.6 is 0 Å². The normalized spacial score (nSPS) is 28.2. The minimum atomic E-state index is -0.569. The summed E-state index contributed by atoms with van der Waals surface area (Å²) in [7, 11) is 3.23. The van der Waals surface area contributed by atoms with E-state index in [2.05, 4.69) is 32.9 Å². The van der Waals surface area contributed by atoms with Crippen LogP contribution in [0.3, 0.4) is 0 Å². The smallest absolute Gasteiger partial charge is 0.159 e. The second-order valence-corrected chi connectivity index (χ2v) is 7.73. The van der Waals surface area contributed by atoms with Crippen LogP contribution in [0, 0.1) is 24.7 Å². The Morgan fingerprint density at radius 1 is 0.962 bits per heavy atom. The Labute approximate surface area is 156 Å². The number of benzene rings is 1. The molecule has 3 rings (SSSR count). The quantitative estimate of drug-likeness (QED) is 0.576. The third kappa shape index (κ3) is 3.03. The molecule has 0 heterocycles. The lowest BCUT2D eigenvalue weighted by molar-refractivity contribution is -0.140. The van der Waals surface area contributed by atoms with E-state index in [0.717, 1.165) is 29.5 Å². The van der Waals surface area contributed by atoms with Crippen LogP contribution in [-0.4, -0.2) is 32.1 Å². The zero-order valence-electron chi connectivity index (χ0n) is 16.5. The van der Waals surface area contributed by atoms with Gasteiger partial charge in [-0.3, -0.25) is 9.59 Å². The van der Waals surface area contributed by atoms with Gasteiger partial charge in [-0.05, 0) is 49.3 Å². The number of carbonyl (C=O) groups excluding carboxylic acids is 2. The van der Waals surface area contributed by atoms with Crippen LogP contribution in [0.2, 0.25) is 0 Å². The maximum Gasteiger partial charge on any atom is 0.159 e. The van der Waals surface area contributed by atoms with Gasteiger partial charge >= 0.3 is 0 Å². The Kier molecular flexibility index (Phi) is 5.64. The SMILES string of the molecule is CCc1cc(C)cc(CC)c1C1C(=O)C2CC(C(OC)OC)CC2C1=O. The Hall–Kier alpha value is -1.52. The second kappa shape index (κ2) is 7.61. The van der Waals surface area contributed by atoms with Crippen LogP contribution < -0.4 is 0 Å². The Bertz CT molecular complexity index is 655. The molecule has 1 aromatic rings. The number of hydrogen-bond donors (Lipinski definition) is 0. The standard InChI is InChI=1S/C22H30O4/c1-6-13-8-12(3)9-14(7-2)18(13)19-20(23)16-10-15(22(25-4)26-5)11-17(16)21(19)24/h8-9,15-17,19,22H,6-7,10-11H2,1-5H3. The predicted molar refractivity (Wildman–Crippen MR) is 100 cm³/mol. The first-order chi connectivity index (χ1) is 12.5. The molecular weight excluding hydrogens is 328 g/mol. The van der Waals surface area contributed by atoms with E-state index in [0.29, 0.717) is 12.8 Å². The molecular formula is C22H30O4. The summed E-state index contributed by atoms with van der Waals surface area (Å²) in [6, 6.07) is 4.27. The molecule has 0 amide bonds. The lowest BCUT2D eigenvalue weighted by Gasteiger charge is -2.23. The molecule has 142 valence electrons. The molecule has 4 heteroatoms. The zero-order chi connectivity index (χ0) is 19.0. The average Bonchev–Trinajstić information content (AvgIpc) is 3.16. The van der Waals surface area contributed by atoms with Gasteiger partial charge in [0.2, 0.25) is 0 Å². The van der Waals surface area contributed by atoms with Crippen LogP contribution in [-0.2, 0) is 31.9 Å². The first-order valence-electron chi connectivity index (χ1n) is 9.72. The second-order valence-electron chi connectivity index (χ2n) is 7.73. The first kappa shape index (κ1) is 19.2. The highest BCUT2D eigenvalue weighted by Gasteiger charge is 2.56. The van der Waals surface area contributed by atoms with Gasteiger partial charge < -0.3 is 9.47 Å². The summed E-state index contributed by atoms with van der Waals surface area (Å²) in [4.78, 5) is 26.5. The van der Waals surface area contributed by atoms with Crippen molar-refractivity contribution in [3.05, 3.63) is 34.4 Å². The molecule has 0 radical (unpaired) electrons. The molecule has 2 aliphatic carbocycles. The molecule has 1 aromatic carbocycles. The largest absolute Gasteiger partial charge is 0.356 e. The van der Waals surface area contributed by atoms with Crippen LogP contribution in [0.25, 0.3) is 0 Å². The van der Waals surface area contributed by atoms with Crippen molar-refractivity contribution in [2.24, 2.45) is 17.8 Å². The van der Waals surface area contributed by atoms with Gasteiger partial charge in [0.1, 0.15) is 5.92 Å². The van der Waals surface area contributed by atoms with Gasteiger partial charge in [-0.2, -0.15) is 0 Å². The van der Waals surface area contributed by atoms with Crippen LogP contribution in [0.5, 0.6) is 0 Å². The van der Waals surface area contributed by atoms with Gasteiger partial charge in [-0.15, -0.1) is 0 Å². The molecule has 0 spiro atoms. The summed E-state index contributed by atoms with van der Waals surface area (Å²) in [5, 5.41) is 0. The van der Waals surface area contributed by atoms with Gasteiger partial charge in [-0.25, -0.2) is 0 Å². The lowest BCUT2D eigenvalue weighted by Crippen LogP contribution is -2.26. The summed E-state index contributed by atoms with van der Waals surface area (Å²) >= 11 is 0. The van der Waals surface area contributed by atoms with Crippen molar-refractivity contribution in [1.29, 1.82) is 0 Å². The Morgan fingerprint density at radius 3 is 1.81 bits per heavy atom. The Balaban J connectivity index is 1.95. The molecule has 2 fully saturated rings. The highest BCUT2D eigenvalue weighted by molar-refractivity contribution is 6.16. The van der Waals surface area contributed by atoms with Crippen molar-refractivity contribution in [2.75, 3.05) is 14.2 Å². The number of aryl methyl sites for hydroxylation is 3. The maximum atomic E-state index is 13.3. The zero-order valence-corrected chi connectivity index (χ0v) is 16.5. The highest BCUT2D eigenvalue weighted by Crippen LogP contribution is 2.50. The molecule has 0 bridgehead atoms. The monoisotopic (exact) mass is 358 g/mol. The minimum Gasteiger partial charge on any atom is -0.356 e. The molecule has 2 saturated carbocycles. The first-order valence-corrected chi connectivity index (χ1v) is 9.72. The third-order valence-corrected chi connectivity index (χ3v) is 6.29. The molecule has 2 aliphatic rings. The van der Waals surface area contributed by atoms with Crippen molar-refractivity contribution in [3.63, 3.8) is 0 Å². The van der Waals surface area contributed by atoms with Crippen LogP contribution in [0.1, 0.15) is 54.9 Å². The molecule has 0 aromatic heterocycles. The van der Waals surface area contributed by atoms with Crippen molar-refractivity contribution >= 4 is 11.6 Å². The highest BCUT2D eigenvalue weighted by atomic mass is 16.7. The van der Waals surface area contributed by atoms with Gasteiger partial charge in [0.15, 0.2) is 17.9 Å². The van der Waals surface area contributed by atoms with Crippen LogP contribution in [0.4, 0.5) is 0 Å². The van der Waals surface area contributed by atoms with Crippen molar-refractivity contribution in [2.45, 2.75) is 58.7 Å². The number of ketones is 2. The summed E-state index contributed by atoms with van der Waals surface area (Å²) in [5.41, 5.74) is 4.49. The summed E-state index contributed by atoms with van der Waals surface area (Å²) in [6.45, 7) is 6.27. The van der Waals surface area contributed by atoms with E-state index in [1.165, 1.54) is 5.56 Å². The molecule has 26 heavy (non-hydrogen) atoms. The third-order valence-electron chi connectivity index (χ3n) is 6.29. The van der Waals surface area contributed by atoms with E-state index >= 15 is 0 Å². The number of ether oxygens (including phenoxy) is 2. The minimum absolute atomic E-state index is 0.113. The topological polar surface area (TPSA) is 52.6 Å². The molecule has 2 atom stereocenters. The fraction of sp³-hybridized carbons (Fsp3) is 0.636. The van der Waals surface area contributed by atoms with E-state index in [1.807, 2.05) is 0 Å². The summed E-state index contributed by atoms with van der Waals surface area (Å²) in [6.07, 6.45) is 2.72. The fourth-order valence-corrected chi connectivity index (χ4v) is 5.17. The molecule has 0 N–H and O–H groups in total. The van der Waals surface area contributed by atoms with Crippen molar-refractivity contribution in [1.82, 2.24) is 0 Å². The molecule has 0 aliphatic heterocycles. The lowest BCUT2D eigenvalue weighted by atomic mass is 9.82. The number of carbonyl (C=O) groups is 2. The number of rotatable bonds is 6. The van der Waals surface area contributed by atoms with E-state index in [1.54, 1.807) is 14.2 Å². The van der Waals surface area contributed by atoms with E-state index in [9.17, 15) is 9.59 Å². The van der Waals surface area contributed by atoms with Crippen molar-refractivity contribution in [3.8, 4) is 0 Å². The summed E-state index contributed by atoms with van der Waals surface area (Å²) in [5.74, 6) is -0.589. The number of Topliss-reactive ketones (excluding diaryl/α,β-unsaturated/α-hetero) is 2. The molecule has 0 saturated heterocycles. The number of methoxy groups -OCH3 is 2.